The summed E-state index contributed by atoms with van der Waals surface area (Å²) in [6.45, 7) is 2.90. The molecule has 1 aromatic heterocycles. The van der Waals surface area contributed by atoms with Crippen LogP contribution in [0.4, 0.5) is 11.4 Å². The summed E-state index contributed by atoms with van der Waals surface area (Å²) >= 11 is 1.39. The molecule has 7 heteroatoms. The molecule has 1 N–H and O–H groups in total. The Morgan fingerprint density at radius 2 is 2.30 bits per heavy atom. The molecule has 2 heterocycles. The molecule has 6 nitrogen and oxygen atoms in total. The first-order valence-electron chi connectivity index (χ1n) is 6.52. The number of benzene rings is 1. The number of aliphatic hydroxyl groups is 1. The van der Waals surface area contributed by atoms with Crippen molar-refractivity contribution in [1.82, 2.24) is 4.98 Å². The number of nitrogens with zero attached hydrogens (tertiary/aromatic N) is 3. The molecule has 0 bridgehead atoms. The van der Waals surface area contributed by atoms with E-state index in [1.807, 2.05) is 17.9 Å². The normalized spacial score (nSPS) is 17.2. The fraction of sp³-hybridized carbons (Fsp3) is 0.462. The maximum atomic E-state index is 11.3. The summed E-state index contributed by atoms with van der Waals surface area (Å²) in [5.74, 6) is 0. The molecule has 1 aromatic carbocycles. The van der Waals surface area contributed by atoms with Gasteiger partial charge in [-0.3, -0.25) is 10.1 Å². The third-order valence-electron chi connectivity index (χ3n) is 3.66. The van der Waals surface area contributed by atoms with Crippen molar-refractivity contribution in [3.8, 4) is 0 Å². The fourth-order valence-electron chi connectivity index (χ4n) is 2.80. The van der Waals surface area contributed by atoms with Crippen LogP contribution in [-0.4, -0.2) is 33.7 Å². The van der Waals surface area contributed by atoms with Crippen molar-refractivity contribution in [2.24, 2.45) is 0 Å². The van der Waals surface area contributed by atoms with Crippen LogP contribution in [0.1, 0.15) is 19.8 Å². The second kappa shape index (κ2) is 4.68. The van der Waals surface area contributed by atoms with Crippen LogP contribution in [0, 0.1) is 10.1 Å². The van der Waals surface area contributed by atoms with Gasteiger partial charge in [0.15, 0.2) is 5.52 Å². The average Bonchev–Trinajstić information content (AvgIpc) is 2.82. The minimum Gasteiger partial charge on any atom is -0.386 e. The van der Waals surface area contributed by atoms with E-state index in [2.05, 4.69) is 4.98 Å². The number of aromatic nitrogens is 1. The van der Waals surface area contributed by atoms with Gasteiger partial charge in [0, 0.05) is 13.1 Å². The summed E-state index contributed by atoms with van der Waals surface area (Å²) in [6, 6.07) is 3.61. The Hall–Kier alpha value is -1.73. The number of nitro benzene ring substituents is 1. The van der Waals surface area contributed by atoms with Gasteiger partial charge in [0.1, 0.15) is 5.69 Å². The van der Waals surface area contributed by atoms with Crippen molar-refractivity contribution < 1.29 is 10.0 Å². The van der Waals surface area contributed by atoms with Gasteiger partial charge in [0.25, 0.3) is 0 Å². The summed E-state index contributed by atoms with van der Waals surface area (Å²) < 4.78 is 0.810. The van der Waals surface area contributed by atoms with Crippen LogP contribution in [0.3, 0.4) is 0 Å². The van der Waals surface area contributed by atoms with E-state index < -0.39 is 5.60 Å². The van der Waals surface area contributed by atoms with Crippen molar-refractivity contribution in [3.63, 3.8) is 0 Å². The van der Waals surface area contributed by atoms with E-state index >= 15 is 0 Å². The largest absolute Gasteiger partial charge is 0.386 e. The second-order valence-corrected chi connectivity index (χ2v) is 6.11. The van der Waals surface area contributed by atoms with Gasteiger partial charge >= 0.3 is 5.69 Å². The monoisotopic (exact) mass is 293 g/mol. The van der Waals surface area contributed by atoms with Gasteiger partial charge in [0.05, 0.1) is 20.7 Å². The Morgan fingerprint density at radius 1 is 1.55 bits per heavy atom. The van der Waals surface area contributed by atoms with E-state index in [1.165, 1.54) is 11.3 Å². The summed E-state index contributed by atoms with van der Waals surface area (Å²) in [7, 11) is 0. The zero-order valence-electron chi connectivity index (χ0n) is 11.1. The Kier molecular flexibility index (Phi) is 3.10. The number of hydrogen-bond acceptors (Lipinski definition) is 6. The first-order valence-corrected chi connectivity index (χ1v) is 7.40. The van der Waals surface area contributed by atoms with Gasteiger partial charge in [-0.05, 0) is 18.6 Å². The first-order chi connectivity index (χ1) is 9.54. The predicted octanol–water partition coefficient (Wildman–Crippen LogP) is 2.56. The number of β-amino-alcohol motifs (C(OH)–C–C–N with tert-alkyl or cyclic N) is 1. The van der Waals surface area contributed by atoms with Crippen LogP contribution in [0.25, 0.3) is 10.2 Å². The summed E-state index contributed by atoms with van der Waals surface area (Å²) in [5, 5.41) is 21.6. The summed E-state index contributed by atoms with van der Waals surface area (Å²) in [4.78, 5) is 16.9. The molecule has 0 amide bonds. The summed E-state index contributed by atoms with van der Waals surface area (Å²) in [5.41, 5.74) is 1.94. The lowest BCUT2D eigenvalue weighted by atomic mass is 9.88. The topological polar surface area (TPSA) is 79.5 Å². The lowest BCUT2D eigenvalue weighted by Crippen LogP contribution is -2.62. The minimum absolute atomic E-state index is 0.0438. The lowest BCUT2D eigenvalue weighted by molar-refractivity contribution is -0.382. The van der Waals surface area contributed by atoms with Gasteiger partial charge in [-0.25, -0.2) is 4.98 Å². The van der Waals surface area contributed by atoms with Crippen LogP contribution in [0.15, 0.2) is 17.6 Å². The molecule has 1 aliphatic rings. The van der Waals surface area contributed by atoms with Crippen LogP contribution in [-0.2, 0) is 0 Å². The van der Waals surface area contributed by atoms with Gasteiger partial charge < -0.3 is 10.0 Å². The van der Waals surface area contributed by atoms with Crippen molar-refractivity contribution in [2.45, 2.75) is 25.4 Å². The van der Waals surface area contributed by atoms with Crippen molar-refractivity contribution in [3.05, 3.63) is 27.8 Å². The van der Waals surface area contributed by atoms with E-state index in [-0.39, 0.29) is 10.6 Å². The maximum Gasteiger partial charge on any atom is 0.319 e. The number of hydrogen-bond donors (Lipinski definition) is 1. The Bertz CT molecular complexity index is 664. The van der Waals surface area contributed by atoms with Crippen molar-refractivity contribution >= 4 is 32.9 Å². The van der Waals surface area contributed by atoms with Crippen LogP contribution in [0.2, 0.25) is 0 Å². The molecule has 3 rings (SSSR count). The number of rotatable bonds is 4. The van der Waals surface area contributed by atoms with Gasteiger partial charge in [-0.15, -0.1) is 11.3 Å². The van der Waals surface area contributed by atoms with E-state index in [9.17, 15) is 15.2 Å². The number of anilines is 1. The molecule has 0 radical (unpaired) electrons. The van der Waals surface area contributed by atoms with Gasteiger partial charge in [-0.2, -0.15) is 0 Å². The third-order valence-corrected chi connectivity index (χ3v) is 4.46. The molecule has 1 fully saturated rings. The molecule has 0 aliphatic carbocycles. The van der Waals surface area contributed by atoms with E-state index in [4.69, 9.17) is 0 Å². The van der Waals surface area contributed by atoms with E-state index in [0.717, 1.165) is 17.5 Å². The second-order valence-electron chi connectivity index (χ2n) is 5.22. The molecule has 1 aliphatic heterocycles. The van der Waals surface area contributed by atoms with Crippen LogP contribution in [0.5, 0.6) is 0 Å². The predicted molar refractivity (Wildman–Crippen MR) is 78.3 cm³/mol. The van der Waals surface area contributed by atoms with Crippen LogP contribution >= 0.6 is 11.3 Å². The molecule has 1 saturated heterocycles. The molecule has 2 aromatic rings. The highest BCUT2D eigenvalue weighted by Gasteiger charge is 2.42. The Labute approximate surface area is 119 Å². The third kappa shape index (κ3) is 2.03. The minimum atomic E-state index is -0.709. The quantitative estimate of drug-likeness (QED) is 0.692. The van der Waals surface area contributed by atoms with E-state index in [1.54, 1.807) is 11.6 Å². The average molecular weight is 293 g/mol. The number of nitro groups is 1. The number of fused-ring (bicyclic) bond motifs is 1. The van der Waals surface area contributed by atoms with Crippen molar-refractivity contribution in [2.75, 3.05) is 18.0 Å². The number of thiazole rings is 1. The highest BCUT2D eigenvalue weighted by atomic mass is 32.1. The molecule has 0 spiro atoms. The highest BCUT2D eigenvalue weighted by Crippen LogP contribution is 2.40. The molecular formula is C13H15N3O3S. The van der Waals surface area contributed by atoms with Gasteiger partial charge in [-0.1, -0.05) is 13.3 Å². The molecule has 20 heavy (non-hydrogen) atoms. The smallest absolute Gasteiger partial charge is 0.319 e. The molecule has 0 unspecified atom stereocenters. The molecule has 0 atom stereocenters. The fourth-order valence-corrected chi connectivity index (χ4v) is 3.48. The zero-order chi connectivity index (χ0) is 14.3. The van der Waals surface area contributed by atoms with Crippen LogP contribution < -0.4 is 4.90 Å². The SMILES string of the molecule is CCCC1(O)CN(c2ccc3scnc3c2[N+](=O)[O-])C1. The zero-order valence-corrected chi connectivity index (χ0v) is 11.9. The molecular weight excluding hydrogens is 278 g/mol. The first kappa shape index (κ1) is 13.3. The Morgan fingerprint density at radius 3 is 2.95 bits per heavy atom. The lowest BCUT2D eigenvalue weighted by Gasteiger charge is -2.47. The van der Waals surface area contributed by atoms with Gasteiger partial charge in [0.2, 0.25) is 0 Å². The molecule has 0 saturated carbocycles. The van der Waals surface area contributed by atoms with E-state index in [0.29, 0.717) is 24.3 Å². The maximum absolute atomic E-state index is 11.3. The summed E-state index contributed by atoms with van der Waals surface area (Å²) in [6.07, 6.45) is 1.62. The van der Waals surface area contributed by atoms with Crippen molar-refractivity contribution in [1.29, 1.82) is 0 Å². The highest BCUT2D eigenvalue weighted by molar-refractivity contribution is 7.16. The molecule has 106 valence electrons. The Balaban J connectivity index is 1.97. The standard InChI is InChI=1S/C13H15N3O3S/c1-2-5-13(17)6-15(7-13)9-3-4-10-11(14-8-20-10)12(9)16(18)19/h3-4,8,17H,2,5-7H2,1H3.